The molecular formula is C24H25ClN2O4S. The number of benzene rings is 3. The summed E-state index contributed by atoms with van der Waals surface area (Å²) in [6, 6.07) is 18.9. The van der Waals surface area contributed by atoms with Gasteiger partial charge >= 0.3 is 0 Å². The molecule has 0 saturated heterocycles. The van der Waals surface area contributed by atoms with E-state index in [9.17, 15) is 13.2 Å². The third kappa shape index (κ3) is 5.88. The molecule has 6 nitrogen and oxygen atoms in total. The van der Waals surface area contributed by atoms with E-state index in [0.717, 1.165) is 16.7 Å². The van der Waals surface area contributed by atoms with Crippen LogP contribution in [0.5, 0.6) is 5.75 Å². The molecule has 0 atom stereocenters. The number of aryl methyl sites for hydroxylation is 2. The fourth-order valence-electron chi connectivity index (χ4n) is 3.20. The highest BCUT2D eigenvalue weighted by Gasteiger charge is 2.27. The zero-order valence-electron chi connectivity index (χ0n) is 18.1. The number of ether oxygens (including phenoxy) is 1. The molecule has 0 spiro atoms. The van der Waals surface area contributed by atoms with Gasteiger partial charge in [-0.05, 0) is 49.7 Å². The molecule has 0 aliphatic carbocycles. The molecule has 0 heterocycles. The van der Waals surface area contributed by atoms with E-state index in [1.807, 2.05) is 38.1 Å². The Hall–Kier alpha value is -2.87. The van der Waals surface area contributed by atoms with Crippen molar-refractivity contribution in [2.75, 3.05) is 19.0 Å². The minimum Gasteiger partial charge on any atom is -0.495 e. The predicted molar refractivity (Wildman–Crippen MR) is 127 cm³/mol. The van der Waals surface area contributed by atoms with Crippen LogP contribution in [0.3, 0.4) is 0 Å². The van der Waals surface area contributed by atoms with Gasteiger partial charge in [0.1, 0.15) is 5.75 Å². The number of methoxy groups -OCH3 is 1. The number of nitrogens with one attached hydrogen (secondary N) is 1. The van der Waals surface area contributed by atoms with Crippen LogP contribution in [0.4, 0.5) is 5.69 Å². The van der Waals surface area contributed by atoms with Crippen LogP contribution in [-0.2, 0) is 21.4 Å². The molecule has 3 aromatic rings. The van der Waals surface area contributed by atoms with Crippen LogP contribution < -0.4 is 10.1 Å². The Morgan fingerprint density at radius 1 is 1.00 bits per heavy atom. The SMILES string of the molecule is COc1ccc(NC(=O)CN(Cc2cccc(C)c2)S(=O)(=O)c2ccc(C)cc2)cc1Cl. The fourth-order valence-corrected chi connectivity index (χ4v) is 4.85. The van der Waals surface area contributed by atoms with Crippen molar-refractivity contribution in [2.45, 2.75) is 25.3 Å². The lowest BCUT2D eigenvalue weighted by Crippen LogP contribution is -2.37. The molecule has 0 radical (unpaired) electrons. The number of hydrogen-bond donors (Lipinski definition) is 1. The molecule has 0 aliphatic rings. The topological polar surface area (TPSA) is 75.7 Å². The van der Waals surface area contributed by atoms with Crippen molar-refractivity contribution in [3.05, 3.63) is 88.4 Å². The molecule has 0 fully saturated rings. The lowest BCUT2D eigenvalue weighted by Gasteiger charge is -2.22. The summed E-state index contributed by atoms with van der Waals surface area (Å²) in [6.45, 7) is 3.53. The molecule has 168 valence electrons. The zero-order valence-corrected chi connectivity index (χ0v) is 19.7. The van der Waals surface area contributed by atoms with Crippen molar-refractivity contribution in [2.24, 2.45) is 0 Å². The van der Waals surface area contributed by atoms with Gasteiger partial charge in [-0.3, -0.25) is 4.79 Å². The van der Waals surface area contributed by atoms with Crippen LogP contribution in [0.1, 0.15) is 16.7 Å². The Morgan fingerprint density at radius 3 is 2.34 bits per heavy atom. The molecule has 0 bridgehead atoms. The van der Waals surface area contributed by atoms with Crippen molar-refractivity contribution in [3.8, 4) is 5.75 Å². The van der Waals surface area contributed by atoms with Crippen molar-refractivity contribution in [3.63, 3.8) is 0 Å². The number of sulfonamides is 1. The van der Waals surface area contributed by atoms with Crippen LogP contribution in [-0.4, -0.2) is 32.3 Å². The van der Waals surface area contributed by atoms with E-state index in [1.54, 1.807) is 42.5 Å². The first-order chi connectivity index (χ1) is 15.2. The predicted octanol–water partition coefficient (Wildman–Crippen LogP) is 4.80. The van der Waals surface area contributed by atoms with Gasteiger partial charge in [-0.1, -0.05) is 59.1 Å². The summed E-state index contributed by atoms with van der Waals surface area (Å²) < 4.78 is 33.0. The average molecular weight is 473 g/mol. The van der Waals surface area contributed by atoms with Gasteiger partial charge in [0.2, 0.25) is 15.9 Å². The lowest BCUT2D eigenvalue weighted by atomic mass is 10.1. The summed E-state index contributed by atoms with van der Waals surface area (Å²) >= 11 is 6.12. The van der Waals surface area contributed by atoms with Crippen LogP contribution in [0.2, 0.25) is 5.02 Å². The largest absolute Gasteiger partial charge is 0.495 e. The number of anilines is 1. The first kappa shape index (κ1) is 23.8. The smallest absolute Gasteiger partial charge is 0.243 e. The highest BCUT2D eigenvalue weighted by molar-refractivity contribution is 7.89. The number of halogens is 1. The van der Waals surface area contributed by atoms with E-state index in [4.69, 9.17) is 16.3 Å². The first-order valence-electron chi connectivity index (χ1n) is 9.95. The third-order valence-electron chi connectivity index (χ3n) is 4.86. The minimum atomic E-state index is -3.91. The van der Waals surface area contributed by atoms with Crippen LogP contribution in [0.25, 0.3) is 0 Å². The van der Waals surface area contributed by atoms with Gasteiger partial charge in [0.15, 0.2) is 0 Å². The zero-order chi connectivity index (χ0) is 23.3. The molecule has 3 aromatic carbocycles. The van der Waals surface area contributed by atoms with E-state index in [-0.39, 0.29) is 18.0 Å². The van der Waals surface area contributed by atoms with Crippen molar-refractivity contribution >= 4 is 33.2 Å². The highest BCUT2D eigenvalue weighted by atomic mass is 35.5. The summed E-state index contributed by atoms with van der Waals surface area (Å²) in [6.07, 6.45) is 0. The Kier molecular flexibility index (Phi) is 7.56. The summed E-state index contributed by atoms with van der Waals surface area (Å²) in [4.78, 5) is 12.9. The highest BCUT2D eigenvalue weighted by Crippen LogP contribution is 2.27. The van der Waals surface area contributed by atoms with E-state index in [1.165, 1.54) is 11.4 Å². The number of carbonyl (C=O) groups is 1. The van der Waals surface area contributed by atoms with Gasteiger partial charge in [0, 0.05) is 12.2 Å². The Morgan fingerprint density at radius 2 is 1.72 bits per heavy atom. The molecule has 0 aromatic heterocycles. The summed E-state index contributed by atoms with van der Waals surface area (Å²) in [7, 11) is -2.41. The molecule has 1 amide bonds. The Bertz CT molecular complexity index is 1210. The van der Waals surface area contributed by atoms with Gasteiger partial charge < -0.3 is 10.1 Å². The standard InChI is InChI=1S/C24H25ClN2O4S/c1-17-7-10-21(11-8-17)32(29,30)27(15-19-6-4-5-18(2)13-19)16-24(28)26-20-9-12-23(31-3)22(25)14-20/h4-14H,15-16H2,1-3H3,(H,26,28). The van der Waals surface area contributed by atoms with Gasteiger partial charge in [0.25, 0.3) is 0 Å². The second kappa shape index (κ2) is 10.2. The Labute approximate surface area is 193 Å². The second-order valence-electron chi connectivity index (χ2n) is 7.47. The minimum absolute atomic E-state index is 0.0642. The van der Waals surface area contributed by atoms with Crippen LogP contribution in [0, 0.1) is 13.8 Å². The molecule has 8 heteroatoms. The Balaban J connectivity index is 1.87. The number of rotatable bonds is 8. The maximum Gasteiger partial charge on any atom is 0.243 e. The van der Waals surface area contributed by atoms with E-state index in [2.05, 4.69) is 5.32 Å². The molecule has 3 rings (SSSR count). The number of nitrogens with zero attached hydrogens (tertiary/aromatic N) is 1. The molecule has 0 unspecified atom stereocenters. The maximum absolute atomic E-state index is 13.4. The monoisotopic (exact) mass is 472 g/mol. The normalized spacial score (nSPS) is 11.4. The first-order valence-corrected chi connectivity index (χ1v) is 11.8. The van der Waals surface area contributed by atoms with Gasteiger partial charge in [-0.25, -0.2) is 8.42 Å². The molecule has 0 aliphatic heterocycles. The molecule has 32 heavy (non-hydrogen) atoms. The van der Waals surface area contributed by atoms with E-state index in [0.29, 0.717) is 16.5 Å². The average Bonchev–Trinajstić information content (AvgIpc) is 2.74. The summed E-state index contributed by atoms with van der Waals surface area (Å²) in [5.41, 5.74) is 3.20. The van der Waals surface area contributed by atoms with Gasteiger partial charge in [-0.2, -0.15) is 4.31 Å². The number of hydrogen-bond acceptors (Lipinski definition) is 4. The quantitative estimate of drug-likeness (QED) is 0.511. The maximum atomic E-state index is 13.4. The summed E-state index contributed by atoms with van der Waals surface area (Å²) in [5.74, 6) is 0.00209. The second-order valence-corrected chi connectivity index (χ2v) is 9.82. The van der Waals surface area contributed by atoms with Crippen molar-refractivity contribution < 1.29 is 17.9 Å². The lowest BCUT2D eigenvalue weighted by molar-refractivity contribution is -0.116. The van der Waals surface area contributed by atoms with Crippen LogP contribution in [0.15, 0.2) is 71.6 Å². The van der Waals surface area contributed by atoms with Crippen LogP contribution >= 0.6 is 11.6 Å². The van der Waals surface area contributed by atoms with E-state index >= 15 is 0 Å². The number of carbonyl (C=O) groups excluding carboxylic acids is 1. The molecule has 0 saturated carbocycles. The summed E-state index contributed by atoms with van der Waals surface area (Å²) in [5, 5.41) is 3.05. The molecule has 1 N–H and O–H groups in total. The van der Waals surface area contributed by atoms with Gasteiger partial charge in [0.05, 0.1) is 23.6 Å². The van der Waals surface area contributed by atoms with Crippen molar-refractivity contribution in [1.29, 1.82) is 0 Å². The van der Waals surface area contributed by atoms with E-state index < -0.39 is 15.9 Å². The fraction of sp³-hybridized carbons (Fsp3) is 0.208. The molecular weight excluding hydrogens is 448 g/mol. The van der Waals surface area contributed by atoms with Crippen molar-refractivity contribution in [1.82, 2.24) is 4.31 Å². The van der Waals surface area contributed by atoms with Gasteiger partial charge in [-0.15, -0.1) is 0 Å². The number of amides is 1. The third-order valence-corrected chi connectivity index (χ3v) is 6.96.